The number of hydrogen-bond donors (Lipinski definition) is 1. The maximum Gasteiger partial charge on any atom is 0.297 e. The monoisotopic (exact) mass is 469 g/mol. The molecule has 0 spiro atoms. The van der Waals surface area contributed by atoms with Gasteiger partial charge in [0.05, 0.1) is 22.5 Å². The predicted octanol–water partition coefficient (Wildman–Crippen LogP) is 3.11. The van der Waals surface area contributed by atoms with Gasteiger partial charge in [0, 0.05) is 13.1 Å². The molecule has 2 aromatic carbocycles. The van der Waals surface area contributed by atoms with Gasteiger partial charge >= 0.3 is 0 Å². The van der Waals surface area contributed by atoms with E-state index in [0.717, 1.165) is 15.4 Å². The number of sulfonamides is 1. The van der Waals surface area contributed by atoms with Crippen molar-refractivity contribution in [1.29, 1.82) is 0 Å². The zero-order valence-corrected chi connectivity index (χ0v) is 20.0. The molecule has 1 atom stereocenters. The molecule has 0 bridgehead atoms. The zero-order chi connectivity index (χ0) is 23.2. The molecule has 31 heavy (non-hydrogen) atoms. The van der Waals surface area contributed by atoms with Gasteiger partial charge in [-0.2, -0.15) is 12.7 Å². The highest BCUT2D eigenvalue weighted by Gasteiger charge is 2.27. The predicted molar refractivity (Wildman–Crippen MR) is 120 cm³/mol. The van der Waals surface area contributed by atoms with Crippen LogP contribution in [0, 0.1) is 19.8 Å². The molecule has 0 saturated heterocycles. The van der Waals surface area contributed by atoms with Crippen LogP contribution in [0.3, 0.4) is 0 Å². The van der Waals surface area contributed by atoms with Crippen LogP contribution in [0.1, 0.15) is 31.4 Å². The van der Waals surface area contributed by atoms with Gasteiger partial charge in [0.25, 0.3) is 10.1 Å². The van der Waals surface area contributed by atoms with Crippen LogP contribution < -0.4 is 0 Å². The molecule has 0 fully saturated rings. The highest BCUT2D eigenvalue weighted by Crippen LogP contribution is 2.19. The number of nitrogens with zero attached hydrogens (tertiary/aromatic N) is 1. The molecule has 0 radical (unpaired) electrons. The second-order valence-electron chi connectivity index (χ2n) is 8.05. The van der Waals surface area contributed by atoms with Crippen LogP contribution in [0.4, 0.5) is 0 Å². The number of aliphatic hydroxyl groups excluding tert-OH is 1. The Kier molecular flexibility index (Phi) is 8.79. The van der Waals surface area contributed by atoms with Gasteiger partial charge in [0.15, 0.2) is 0 Å². The van der Waals surface area contributed by atoms with Gasteiger partial charge in [0.2, 0.25) is 10.0 Å². The average Bonchev–Trinajstić information content (AvgIpc) is 2.67. The first-order chi connectivity index (χ1) is 14.4. The van der Waals surface area contributed by atoms with E-state index in [1.54, 1.807) is 24.3 Å². The molecular formula is C22H31NO6S2. The summed E-state index contributed by atoms with van der Waals surface area (Å²) in [6.45, 7) is 6.82. The average molecular weight is 470 g/mol. The smallest absolute Gasteiger partial charge is 0.297 e. The Morgan fingerprint density at radius 2 is 1.35 bits per heavy atom. The van der Waals surface area contributed by atoms with Crippen molar-refractivity contribution in [3.8, 4) is 0 Å². The molecule has 0 aliphatic carbocycles. The van der Waals surface area contributed by atoms with Crippen LogP contribution in [0.5, 0.6) is 0 Å². The molecule has 0 heterocycles. The largest absolute Gasteiger partial charge is 0.392 e. The minimum Gasteiger partial charge on any atom is -0.392 e. The molecule has 0 aromatic heterocycles. The topological polar surface area (TPSA) is 101 Å². The fourth-order valence-corrected chi connectivity index (χ4v) is 5.41. The summed E-state index contributed by atoms with van der Waals surface area (Å²) in [5, 5.41) is 10.3. The summed E-state index contributed by atoms with van der Waals surface area (Å²) in [5.74, 6) is 0.178. The van der Waals surface area contributed by atoms with E-state index in [-0.39, 0.29) is 35.4 Å². The summed E-state index contributed by atoms with van der Waals surface area (Å²) >= 11 is 0. The third-order valence-corrected chi connectivity index (χ3v) is 7.91. The quantitative estimate of drug-likeness (QED) is 0.508. The van der Waals surface area contributed by atoms with E-state index in [1.807, 2.05) is 27.7 Å². The Balaban J connectivity index is 2.18. The first kappa shape index (κ1) is 25.5. The Bertz CT molecular complexity index is 1050. The summed E-state index contributed by atoms with van der Waals surface area (Å²) in [7, 11) is -7.96. The van der Waals surface area contributed by atoms with Crippen molar-refractivity contribution >= 4 is 20.1 Å². The summed E-state index contributed by atoms with van der Waals surface area (Å²) in [6, 6.07) is 12.6. The lowest BCUT2D eigenvalue weighted by Gasteiger charge is -2.25. The molecule has 7 nitrogen and oxygen atoms in total. The van der Waals surface area contributed by atoms with Crippen LogP contribution in [-0.2, 0) is 24.3 Å². The van der Waals surface area contributed by atoms with Crippen molar-refractivity contribution in [3.05, 3.63) is 59.7 Å². The zero-order valence-electron chi connectivity index (χ0n) is 18.4. The van der Waals surface area contributed by atoms with Crippen molar-refractivity contribution in [2.24, 2.45) is 5.92 Å². The maximum absolute atomic E-state index is 13.1. The lowest BCUT2D eigenvalue weighted by atomic mass is 10.1. The van der Waals surface area contributed by atoms with E-state index in [4.69, 9.17) is 4.18 Å². The number of aliphatic hydroxyl groups is 1. The molecule has 1 N–H and O–H groups in total. The van der Waals surface area contributed by atoms with Crippen LogP contribution in [0.15, 0.2) is 58.3 Å². The molecular weight excluding hydrogens is 438 g/mol. The van der Waals surface area contributed by atoms with E-state index in [9.17, 15) is 21.9 Å². The van der Waals surface area contributed by atoms with Crippen LogP contribution in [0.25, 0.3) is 0 Å². The Morgan fingerprint density at radius 1 is 0.871 bits per heavy atom. The molecule has 0 saturated carbocycles. The fraction of sp³-hybridized carbons (Fsp3) is 0.455. The summed E-state index contributed by atoms with van der Waals surface area (Å²) in [5.41, 5.74) is 1.83. The summed E-state index contributed by atoms with van der Waals surface area (Å²) in [6.07, 6.45) is -0.462. The lowest BCUT2D eigenvalue weighted by Crippen LogP contribution is -2.40. The fourth-order valence-electron chi connectivity index (χ4n) is 3.04. The summed E-state index contributed by atoms with van der Waals surface area (Å²) < 4.78 is 57.3. The highest BCUT2D eigenvalue weighted by atomic mass is 32.2. The molecule has 0 aliphatic rings. The van der Waals surface area contributed by atoms with Crippen molar-refractivity contribution in [2.45, 2.75) is 50.0 Å². The van der Waals surface area contributed by atoms with Crippen molar-refractivity contribution in [2.75, 3.05) is 19.7 Å². The second-order valence-corrected chi connectivity index (χ2v) is 11.6. The SMILES string of the molecule is Cc1ccc(S(=O)(=O)OCCN(C[C@H](O)CC(C)C)S(=O)(=O)c2ccc(C)cc2)cc1. The molecule has 0 aliphatic heterocycles. The molecule has 2 rings (SSSR count). The van der Waals surface area contributed by atoms with Gasteiger partial charge in [-0.3, -0.25) is 4.18 Å². The van der Waals surface area contributed by atoms with Crippen molar-refractivity contribution in [3.63, 3.8) is 0 Å². The Labute approximate surface area is 185 Å². The van der Waals surface area contributed by atoms with Gasteiger partial charge < -0.3 is 5.11 Å². The lowest BCUT2D eigenvalue weighted by molar-refractivity contribution is 0.119. The maximum atomic E-state index is 13.1. The van der Waals surface area contributed by atoms with Gasteiger partial charge in [-0.1, -0.05) is 49.2 Å². The van der Waals surface area contributed by atoms with E-state index in [1.165, 1.54) is 24.3 Å². The van der Waals surface area contributed by atoms with Crippen LogP contribution >= 0.6 is 0 Å². The molecule has 0 amide bonds. The third kappa shape index (κ3) is 7.40. The number of hydrogen-bond acceptors (Lipinski definition) is 6. The summed E-state index contributed by atoms with van der Waals surface area (Å²) in [4.78, 5) is 0.0853. The second kappa shape index (κ2) is 10.7. The van der Waals surface area contributed by atoms with Crippen LogP contribution in [-0.4, -0.2) is 52.0 Å². The standard InChI is InChI=1S/C22H31NO6S2/c1-17(2)15-20(24)16-23(30(25,26)21-9-5-18(3)6-10-21)13-14-29-31(27,28)22-11-7-19(4)8-12-22/h5-12,17,20,24H,13-16H2,1-4H3/t20-/m1/s1. The first-order valence-electron chi connectivity index (χ1n) is 10.1. The van der Waals surface area contributed by atoms with Crippen molar-refractivity contribution < 1.29 is 26.1 Å². The molecule has 2 aromatic rings. The molecule has 0 unspecified atom stereocenters. The Hall–Kier alpha value is -1.78. The first-order valence-corrected chi connectivity index (χ1v) is 13.0. The third-order valence-electron chi connectivity index (χ3n) is 4.71. The normalized spacial score (nSPS) is 13.6. The molecule has 172 valence electrons. The van der Waals surface area contributed by atoms with E-state index < -0.39 is 26.2 Å². The van der Waals surface area contributed by atoms with E-state index in [0.29, 0.717) is 6.42 Å². The van der Waals surface area contributed by atoms with E-state index >= 15 is 0 Å². The van der Waals surface area contributed by atoms with Gasteiger partial charge in [0.1, 0.15) is 0 Å². The van der Waals surface area contributed by atoms with Gasteiger partial charge in [-0.15, -0.1) is 0 Å². The number of aryl methyl sites for hydroxylation is 2. The number of benzene rings is 2. The molecule has 9 heteroatoms. The minimum absolute atomic E-state index is 0.00545. The minimum atomic E-state index is -4.02. The number of rotatable bonds is 11. The van der Waals surface area contributed by atoms with Crippen molar-refractivity contribution in [1.82, 2.24) is 4.31 Å². The van der Waals surface area contributed by atoms with Gasteiger partial charge in [-0.25, -0.2) is 8.42 Å². The highest BCUT2D eigenvalue weighted by molar-refractivity contribution is 7.89. The Morgan fingerprint density at radius 3 is 1.84 bits per heavy atom. The van der Waals surface area contributed by atoms with E-state index in [2.05, 4.69) is 0 Å². The van der Waals surface area contributed by atoms with Gasteiger partial charge in [-0.05, 0) is 50.5 Å². The van der Waals surface area contributed by atoms with Crippen LogP contribution in [0.2, 0.25) is 0 Å².